The number of likely N-dealkylation sites (tertiary alicyclic amines) is 1. The van der Waals surface area contributed by atoms with Crippen LogP contribution in [-0.4, -0.2) is 28.4 Å². The van der Waals surface area contributed by atoms with E-state index in [9.17, 15) is 9.18 Å². The molecule has 1 atom stereocenters. The van der Waals surface area contributed by atoms with Crippen LogP contribution < -0.4 is 10.1 Å². The number of rotatable bonds is 6. The topological polar surface area (TPSA) is 54.5 Å². The molecule has 154 valence electrons. The van der Waals surface area contributed by atoms with Crippen molar-refractivity contribution in [1.82, 2.24) is 9.88 Å². The van der Waals surface area contributed by atoms with E-state index in [1.165, 1.54) is 6.07 Å². The number of amides is 1. The molecule has 1 aromatic heterocycles. The van der Waals surface area contributed by atoms with E-state index in [2.05, 4.69) is 15.2 Å². The average Bonchev–Trinajstić information content (AvgIpc) is 2.78. The van der Waals surface area contributed by atoms with E-state index in [-0.39, 0.29) is 17.8 Å². The summed E-state index contributed by atoms with van der Waals surface area (Å²) in [6, 6.07) is 17.3. The molecule has 0 radical (unpaired) electrons. The van der Waals surface area contributed by atoms with Crippen LogP contribution in [0.3, 0.4) is 0 Å². The SMILES string of the molecule is O=C(Nc1ccc(Oc2cccnc2)cc1)[C@H]1CCCCN1Cc1ccccc1F. The van der Waals surface area contributed by atoms with Crippen LogP contribution in [0.4, 0.5) is 10.1 Å². The summed E-state index contributed by atoms with van der Waals surface area (Å²) < 4.78 is 19.8. The molecule has 1 aliphatic rings. The van der Waals surface area contributed by atoms with Crippen molar-refractivity contribution in [2.24, 2.45) is 0 Å². The molecule has 4 rings (SSSR count). The van der Waals surface area contributed by atoms with Gasteiger partial charge in [0.05, 0.1) is 12.2 Å². The van der Waals surface area contributed by atoms with Gasteiger partial charge < -0.3 is 10.1 Å². The minimum absolute atomic E-state index is 0.0630. The molecule has 6 heteroatoms. The quantitative estimate of drug-likeness (QED) is 0.627. The fourth-order valence-electron chi connectivity index (χ4n) is 3.70. The number of piperidine rings is 1. The van der Waals surface area contributed by atoms with E-state index in [1.807, 2.05) is 24.3 Å². The third kappa shape index (κ3) is 5.02. The highest BCUT2D eigenvalue weighted by atomic mass is 19.1. The minimum atomic E-state index is -0.273. The maximum Gasteiger partial charge on any atom is 0.241 e. The highest BCUT2D eigenvalue weighted by Crippen LogP contribution is 2.24. The molecule has 1 N–H and O–H groups in total. The van der Waals surface area contributed by atoms with Crippen LogP contribution in [-0.2, 0) is 11.3 Å². The molecule has 1 amide bonds. The number of carbonyl (C=O) groups is 1. The molecule has 0 bridgehead atoms. The lowest BCUT2D eigenvalue weighted by Crippen LogP contribution is -2.46. The minimum Gasteiger partial charge on any atom is -0.456 e. The van der Waals surface area contributed by atoms with Crippen LogP contribution in [0.25, 0.3) is 0 Å². The average molecular weight is 405 g/mol. The van der Waals surface area contributed by atoms with E-state index < -0.39 is 0 Å². The Labute approximate surface area is 175 Å². The number of halogens is 1. The van der Waals surface area contributed by atoms with Crippen LogP contribution in [0.15, 0.2) is 73.1 Å². The lowest BCUT2D eigenvalue weighted by atomic mass is 10.00. The largest absolute Gasteiger partial charge is 0.456 e. The number of hydrogen-bond donors (Lipinski definition) is 1. The molecule has 1 aliphatic heterocycles. The second kappa shape index (κ2) is 9.50. The fraction of sp³-hybridized carbons (Fsp3) is 0.250. The highest BCUT2D eigenvalue weighted by Gasteiger charge is 2.29. The third-order valence-corrected chi connectivity index (χ3v) is 5.24. The van der Waals surface area contributed by atoms with Crippen molar-refractivity contribution in [3.05, 3.63) is 84.4 Å². The smallest absolute Gasteiger partial charge is 0.241 e. The predicted octanol–water partition coefficient (Wildman–Crippen LogP) is 5.01. The van der Waals surface area contributed by atoms with Gasteiger partial charge in [-0.05, 0) is 61.9 Å². The van der Waals surface area contributed by atoms with Gasteiger partial charge in [0, 0.05) is 24.0 Å². The Morgan fingerprint density at radius 3 is 2.67 bits per heavy atom. The summed E-state index contributed by atoms with van der Waals surface area (Å²) in [4.78, 5) is 19.0. The number of pyridine rings is 1. The monoisotopic (exact) mass is 405 g/mol. The number of nitrogens with one attached hydrogen (secondary N) is 1. The van der Waals surface area contributed by atoms with Gasteiger partial charge in [0.25, 0.3) is 0 Å². The Kier molecular flexibility index (Phi) is 6.35. The standard InChI is InChI=1S/C24H24FN3O2/c25-22-8-2-1-6-18(22)17-28-15-4-3-9-23(28)24(29)27-19-10-12-20(13-11-19)30-21-7-5-14-26-16-21/h1-2,5-8,10-14,16,23H,3-4,9,15,17H2,(H,27,29)/t23-/m1/s1. The molecule has 3 aromatic rings. The van der Waals surface area contributed by atoms with Crippen molar-refractivity contribution in [2.75, 3.05) is 11.9 Å². The van der Waals surface area contributed by atoms with Gasteiger partial charge in [0.15, 0.2) is 0 Å². The summed E-state index contributed by atoms with van der Waals surface area (Å²) in [6.07, 6.45) is 6.10. The zero-order valence-electron chi connectivity index (χ0n) is 16.6. The van der Waals surface area contributed by atoms with Crippen molar-refractivity contribution < 1.29 is 13.9 Å². The summed E-state index contributed by atoms with van der Waals surface area (Å²) in [5, 5.41) is 2.99. The summed E-state index contributed by atoms with van der Waals surface area (Å²) in [6.45, 7) is 1.22. The van der Waals surface area contributed by atoms with Crippen molar-refractivity contribution in [3.8, 4) is 11.5 Å². The number of hydrogen-bond acceptors (Lipinski definition) is 4. The first-order chi connectivity index (χ1) is 14.7. The zero-order valence-corrected chi connectivity index (χ0v) is 16.6. The molecule has 0 saturated carbocycles. The van der Waals surface area contributed by atoms with Gasteiger partial charge in [-0.25, -0.2) is 4.39 Å². The van der Waals surface area contributed by atoms with Gasteiger partial charge in [-0.15, -0.1) is 0 Å². The van der Waals surface area contributed by atoms with Gasteiger partial charge in [-0.1, -0.05) is 24.6 Å². The Morgan fingerprint density at radius 2 is 1.90 bits per heavy atom. The number of anilines is 1. The maximum absolute atomic E-state index is 14.1. The lowest BCUT2D eigenvalue weighted by molar-refractivity contribution is -0.122. The number of carbonyl (C=O) groups excluding carboxylic acids is 1. The summed E-state index contributed by atoms with van der Waals surface area (Å²) in [5.41, 5.74) is 1.32. The summed E-state index contributed by atoms with van der Waals surface area (Å²) >= 11 is 0. The normalized spacial score (nSPS) is 16.8. The van der Waals surface area contributed by atoms with Crippen molar-refractivity contribution >= 4 is 11.6 Å². The lowest BCUT2D eigenvalue weighted by Gasteiger charge is -2.34. The molecule has 0 spiro atoms. The molecule has 0 unspecified atom stereocenters. The summed E-state index contributed by atoms with van der Waals surface area (Å²) in [7, 11) is 0. The molecule has 0 aliphatic carbocycles. The summed E-state index contributed by atoms with van der Waals surface area (Å²) in [5.74, 6) is 1.03. The van der Waals surface area contributed by atoms with Crippen molar-refractivity contribution in [1.29, 1.82) is 0 Å². The fourth-order valence-corrected chi connectivity index (χ4v) is 3.70. The van der Waals surface area contributed by atoms with Gasteiger partial charge in [-0.2, -0.15) is 0 Å². The Hall–Kier alpha value is -3.25. The van der Waals surface area contributed by atoms with Crippen molar-refractivity contribution in [2.45, 2.75) is 31.8 Å². The Morgan fingerprint density at radius 1 is 1.07 bits per heavy atom. The molecule has 30 heavy (non-hydrogen) atoms. The molecule has 5 nitrogen and oxygen atoms in total. The molecule has 1 fully saturated rings. The molecule has 2 heterocycles. The van der Waals surface area contributed by atoms with E-state index in [0.717, 1.165) is 25.8 Å². The van der Waals surface area contributed by atoms with E-state index >= 15 is 0 Å². The number of ether oxygens (including phenoxy) is 1. The number of benzene rings is 2. The molecular formula is C24H24FN3O2. The molecule has 2 aromatic carbocycles. The van der Waals surface area contributed by atoms with Crippen LogP contribution in [0.2, 0.25) is 0 Å². The van der Waals surface area contributed by atoms with Crippen molar-refractivity contribution in [3.63, 3.8) is 0 Å². The van der Waals surface area contributed by atoms with Crippen LogP contribution in [0.1, 0.15) is 24.8 Å². The first kappa shape index (κ1) is 20.0. The Bertz CT molecular complexity index is 979. The predicted molar refractivity (Wildman–Crippen MR) is 114 cm³/mol. The van der Waals surface area contributed by atoms with E-state index in [4.69, 9.17) is 4.74 Å². The number of aromatic nitrogens is 1. The third-order valence-electron chi connectivity index (χ3n) is 5.24. The Balaban J connectivity index is 1.39. The molecule has 1 saturated heterocycles. The first-order valence-corrected chi connectivity index (χ1v) is 10.2. The zero-order chi connectivity index (χ0) is 20.8. The van der Waals surface area contributed by atoms with Crippen LogP contribution in [0.5, 0.6) is 11.5 Å². The first-order valence-electron chi connectivity index (χ1n) is 10.2. The van der Waals surface area contributed by atoms with Gasteiger partial charge in [-0.3, -0.25) is 14.7 Å². The van der Waals surface area contributed by atoms with Crippen LogP contribution >= 0.6 is 0 Å². The van der Waals surface area contributed by atoms with Gasteiger partial charge in [0.1, 0.15) is 17.3 Å². The van der Waals surface area contributed by atoms with Gasteiger partial charge in [0.2, 0.25) is 5.91 Å². The number of nitrogens with zero attached hydrogens (tertiary/aromatic N) is 2. The van der Waals surface area contributed by atoms with Gasteiger partial charge >= 0.3 is 0 Å². The van der Waals surface area contributed by atoms with Crippen LogP contribution in [0, 0.1) is 5.82 Å². The molecular weight excluding hydrogens is 381 g/mol. The second-order valence-corrected chi connectivity index (χ2v) is 7.38. The van der Waals surface area contributed by atoms with E-state index in [0.29, 0.717) is 29.3 Å². The maximum atomic E-state index is 14.1. The highest BCUT2D eigenvalue weighted by molar-refractivity contribution is 5.94. The van der Waals surface area contributed by atoms with E-state index in [1.54, 1.807) is 42.7 Å². The second-order valence-electron chi connectivity index (χ2n) is 7.38.